The van der Waals surface area contributed by atoms with Gasteiger partial charge in [0.25, 0.3) is 0 Å². The smallest absolute Gasteiger partial charge is 0.0160 e. The minimum absolute atomic E-state index is 0. The zero-order valence-electron chi connectivity index (χ0n) is 13.2. The fourth-order valence-electron chi connectivity index (χ4n) is 3.18. The second kappa shape index (κ2) is 5.66. The molecule has 1 aliphatic carbocycles. The van der Waals surface area contributed by atoms with Crippen molar-refractivity contribution in [1.82, 2.24) is 4.98 Å². The summed E-state index contributed by atoms with van der Waals surface area (Å²) in [6.45, 7) is 9.39. The third-order valence-corrected chi connectivity index (χ3v) is 4.72. The van der Waals surface area contributed by atoms with E-state index in [1.165, 1.54) is 24.0 Å². The first-order valence-electron chi connectivity index (χ1n) is 7.38. The van der Waals surface area contributed by atoms with Crippen molar-refractivity contribution >= 4 is 0 Å². The first kappa shape index (κ1) is 16.4. The van der Waals surface area contributed by atoms with Crippen molar-refractivity contribution in [3.8, 4) is 11.3 Å². The molecule has 2 aromatic rings. The first-order valence-corrected chi connectivity index (χ1v) is 7.38. The molecule has 0 amide bonds. The van der Waals surface area contributed by atoms with Crippen LogP contribution in [0.2, 0.25) is 0 Å². The van der Waals surface area contributed by atoms with Gasteiger partial charge in [-0.25, -0.2) is 0 Å². The van der Waals surface area contributed by atoms with E-state index in [1.54, 1.807) is 0 Å². The number of hydrogen-bond acceptors (Lipinski definition) is 1. The fourth-order valence-corrected chi connectivity index (χ4v) is 3.18. The molecule has 2 heteroatoms. The van der Waals surface area contributed by atoms with E-state index in [9.17, 15) is 0 Å². The van der Waals surface area contributed by atoms with Crippen molar-refractivity contribution < 1.29 is 20.1 Å². The second-order valence-electron chi connectivity index (χ2n) is 7.16. The van der Waals surface area contributed by atoms with Gasteiger partial charge in [0.15, 0.2) is 0 Å². The average Bonchev–Trinajstić information content (AvgIpc) is 2.45. The Morgan fingerprint density at radius 1 is 1.00 bits per heavy atom. The van der Waals surface area contributed by atoms with Gasteiger partial charge in [-0.3, -0.25) is 0 Å². The van der Waals surface area contributed by atoms with Crippen LogP contribution >= 0.6 is 0 Å². The Labute approximate surface area is 141 Å². The van der Waals surface area contributed by atoms with Crippen LogP contribution in [0.15, 0.2) is 36.5 Å². The van der Waals surface area contributed by atoms with E-state index in [4.69, 9.17) is 0 Å². The molecule has 0 N–H and O–H groups in total. The van der Waals surface area contributed by atoms with Gasteiger partial charge in [0.1, 0.15) is 0 Å². The largest absolute Gasteiger partial charge is 0.305 e. The molecule has 1 nitrogen and oxygen atoms in total. The van der Waals surface area contributed by atoms with Crippen LogP contribution in [0, 0.1) is 6.07 Å². The number of rotatable bonds is 1. The maximum atomic E-state index is 4.45. The molecule has 0 saturated heterocycles. The van der Waals surface area contributed by atoms with Gasteiger partial charge in [0, 0.05) is 26.3 Å². The maximum absolute atomic E-state index is 4.45. The normalized spacial score (nSPS) is 18.5. The Kier molecular flexibility index (Phi) is 4.42. The number of benzene rings is 1. The summed E-state index contributed by atoms with van der Waals surface area (Å²) in [6.07, 6.45) is 4.32. The van der Waals surface area contributed by atoms with Crippen LogP contribution in [0.25, 0.3) is 11.3 Å². The van der Waals surface area contributed by atoms with Crippen LogP contribution in [-0.2, 0) is 30.9 Å². The van der Waals surface area contributed by atoms with Gasteiger partial charge in [0.05, 0.1) is 0 Å². The molecule has 0 unspecified atom stereocenters. The van der Waals surface area contributed by atoms with Crippen molar-refractivity contribution in [2.24, 2.45) is 0 Å². The van der Waals surface area contributed by atoms with E-state index in [0.717, 1.165) is 11.3 Å². The van der Waals surface area contributed by atoms with Gasteiger partial charge in [-0.2, -0.15) is 0 Å². The molecule has 0 atom stereocenters. The molecule has 1 aromatic carbocycles. The topological polar surface area (TPSA) is 12.9 Å². The Morgan fingerprint density at radius 2 is 1.67 bits per heavy atom. The van der Waals surface area contributed by atoms with Crippen LogP contribution < -0.4 is 0 Å². The number of hydrogen-bond donors (Lipinski definition) is 0. The predicted octanol–water partition coefficient (Wildman–Crippen LogP) is 4.90. The third-order valence-electron chi connectivity index (χ3n) is 4.72. The van der Waals surface area contributed by atoms with Gasteiger partial charge in [-0.15, -0.1) is 34.9 Å². The fraction of sp³-hybridized carbons (Fsp3) is 0.421. The summed E-state index contributed by atoms with van der Waals surface area (Å²) >= 11 is 0. The number of fused-ring (bicyclic) bond motifs is 1. The molecule has 1 heterocycles. The Hall–Kier alpha value is -0.981. The van der Waals surface area contributed by atoms with Crippen molar-refractivity contribution in [2.45, 2.75) is 51.4 Å². The summed E-state index contributed by atoms with van der Waals surface area (Å²) in [5.41, 5.74) is 5.53. The number of aromatic nitrogens is 1. The van der Waals surface area contributed by atoms with E-state index in [0.29, 0.717) is 0 Å². The summed E-state index contributed by atoms with van der Waals surface area (Å²) in [7, 11) is 0. The monoisotopic (exact) mass is 457 g/mol. The summed E-state index contributed by atoms with van der Waals surface area (Å²) < 4.78 is 0. The van der Waals surface area contributed by atoms with Gasteiger partial charge < -0.3 is 4.98 Å². The van der Waals surface area contributed by atoms with Crippen molar-refractivity contribution in [2.75, 3.05) is 0 Å². The minimum atomic E-state index is 0. The molecule has 0 bridgehead atoms. The molecule has 1 aromatic heterocycles. The van der Waals surface area contributed by atoms with Crippen LogP contribution in [0.4, 0.5) is 0 Å². The average molecular weight is 457 g/mol. The summed E-state index contributed by atoms with van der Waals surface area (Å²) in [5.74, 6) is 0. The molecular formula is C19H22IrN-. The van der Waals surface area contributed by atoms with Gasteiger partial charge in [0.2, 0.25) is 0 Å². The SMILES string of the molecule is CC1(C)CCC(C)(C)c2cc(-c3ccccn3)[c-]cc21.[Ir]. The molecule has 0 fully saturated rings. The molecule has 1 aliphatic rings. The molecule has 3 rings (SSSR count). The van der Waals surface area contributed by atoms with Crippen LogP contribution in [0.1, 0.15) is 51.7 Å². The van der Waals surface area contributed by atoms with E-state index >= 15 is 0 Å². The minimum Gasteiger partial charge on any atom is -0.305 e. The quantitative estimate of drug-likeness (QED) is 0.557. The summed E-state index contributed by atoms with van der Waals surface area (Å²) in [6, 6.07) is 14.0. The van der Waals surface area contributed by atoms with Crippen molar-refractivity contribution in [3.05, 3.63) is 53.7 Å². The summed E-state index contributed by atoms with van der Waals surface area (Å²) in [5, 5.41) is 0. The molecular weight excluding hydrogens is 434 g/mol. The third kappa shape index (κ3) is 2.98. The van der Waals surface area contributed by atoms with Crippen LogP contribution in [0.3, 0.4) is 0 Å². The standard InChI is InChI=1S/C19H22N.Ir/c1-18(2)10-11-19(3,4)16-13-14(8-9-15(16)18)17-7-5-6-12-20-17;/h5-7,9,12-13H,10-11H2,1-4H3;/q-1;. The predicted molar refractivity (Wildman–Crippen MR) is 83.8 cm³/mol. The van der Waals surface area contributed by atoms with E-state index in [-0.39, 0.29) is 30.9 Å². The zero-order chi connectivity index (χ0) is 14.4. The Bertz CT molecular complexity index is 629. The van der Waals surface area contributed by atoms with Gasteiger partial charge >= 0.3 is 0 Å². The molecule has 1 radical (unpaired) electrons. The second-order valence-corrected chi connectivity index (χ2v) is 7.16. The van der Waals surface area contributed by atoms with Crippen molar-refractivity contribution in [1.29, 1.82) is 0 Å². The Morgan fingerprint density at radius 3 is 2.29 bits per heavy atom. The molecule has 0 saturated carbocycles. The molecule has 0 aliphatic heterocycles. The van der Waals surface area contributed by atoms with Crippen molar-refractivity contribution in [3.63, 3.8) is 0 Å². The Balaban J connectivity index is 0.00000161. The number of nitrogens with zero attached hydrogens (tertiary/aromatic N) is 1. The van der Waals surface area contributed by atoms with Crippen LogP contribution in [-0.4, -0.2) is 4.98 Å². The van der Waals surface area contributed by atoms with Gasteiger partial charge in [-0.05, 0) is 29.0 Å². The maximum Gasteiger partial charge on any atom is 0.0160 e. The van der Waals surface area contributed by atoms with E-state index < -0.39 is 0 Å². The van der Waals surface area contributed by atoms with E-state index in [1.807, 2.05) is 18.3 Å². The number of pyridine rings is 1. The van der Waals surface area contributed by atoms with Crippen LogP contribution in [0.5, 0.6) is 0 Å². The molecule has 21 heavy (non-hydrogen) atoms. The van der Waals surface area contributed by atoms with E-state index in [2.05, 4.69) is 56.9 Å². The molecule has 0 spiro atoms. The molecule has 113 valence electrons. The van der Waals surface area contributed by atoms with Gasteiger partial charge in [-0.1, -0.05) is 46.2 Å². The first-order chi connectivity index (χ1) is 9.40. The summed E-state index contributed by atoms with van der Waals surface area (Å²) in [4.78, 5) is 4.45. The zero-order valence-corrected chi connectivity index (χ0v) is 15.6.